The average molecular weight is 583 g/mol. The van der Waals surface area contributed by atoms with Gasteiger partial charge >= 0.3 is 0 Å². The summed E-state index contributed by atoms with van der Waals surface area (Å²) in [6, 6.07) is 0. The van der Waals surface area contributed by atoms with Gasteiger partial charge < -0.3 is 15.2 Å². The summed E-state index contributed by atoms with van der Waals surface area (Å²) < 4.78 is 5.47. The lowest BCUT2D eigenvalue weighted by Crippen LogP contribution is -2.66. The molecule has 6 rings (SSSR count). The molecule has 5 fully saturated rings. The number of hydrogen-bond acceptors (Lipinski definition) is 5. The lowest BCUT2D eigenvalue weighted by atomic mass is 9.33. The number of carbonyl (C=O) groups is 2. The van der Waals surface area contributed by atoms with Crippen LogP contribution in [0.3, 0.4) is 0 Å². The maximum atomic E-state index is 14.5. The first kappa shape index (κ1) is 30.8. The molecule has 42 heavy (non-hydrogen) atoms. The average Bonchev–Trinajstić information content (AvgIpc) is 2.93. The van der Waals surface area contributed by atoms with Gasteiger partial charge in [0.1, 0.15) is 0 Å². The van der Waals surface area contributed by atoms with Gasteiger partial charge in [0.05, 0.1) is 19.3 Å². The monoisotopic (exact) mass is 582 g/mol. The molecular formula is C36H58N2O4. The van der Waals surface area contributed by atoms with Crippen LogP contribution in [-0.2, 0) is 14.3 Å². The number of nitrogens with zero attached hydrogens (tertiary/aromatic N) is 1. The topological polar surface area (TPSA) is 78.9 Å². The van der Waals surface area contributed by atoms with Gasteiger partial charge in [0.2, 0.25) is 5.91 Å². The van der Waals surface area contributed by atoms with Crippen LogP contribution in [-0.4, -0.2) is 67.2 Å². The van der Waals surface area contributed by atoms with Crippen LogP contribution in [0.2, 0.25) is 0 Å². The maximum absolute atomic E-state index is 14.5. The number of ketones is 1. The molecule has 6 heteroatoms. The van der Waals surface area contributed by atoms with E-state index in [1.807, 2.05) is 0 Å². The number of fused-ring (bicyclic) bond motifs is 7. The summed E-state index contributed by atoms with van der Waals surface area (Å²) in [7, 11) is 0. The number of carbonyl (C=O) groups excluding carboxylic acids is 2. The van der Waals surface area contributed by atoms with Crippen molar-refractivity contribution in [1.82, 2.24) is 10.2 Å². The molecule has 0 aromatic heterocycles. The third-order valence-corrected chi connectivity index (χ3v) is 14.9. The van der Waals surface area contributed by atoms with Crippen LogP contribution in [0.25, 0.3) is 0 Å². The van der Waals surface area contributed by atoms with Gasteiger partial charge in [-0.25, -0.2) is 0 Å². The van der Waals surface area contributed by atoms with Crippen molar-refractivity contribution in [2.45, 2.75) is 112 Å². The Morgan fingerprint density at radius 1 is 0.976 bits per heavy atom. The van der Waals surface area contributed by atoms with E-state index in [0.29, 0.717) is 18.2 Å². The summed E-state index contributed by atoms with van der Waals surface area (Å²) >= 11 is 0. The highest BCUT2D eigenvalue weighted by Gasteiger charge is 2.70. The Kier molecular flexibility index (Phi) is 7.43. The van der Waals surface area contributed by atoms with Crippen molar-refractivity contribution in [3.05, 3.63) is 11.6 Å². The standard InChI is InChI=1S/C36H58N2O4/c1-31(2)27-8-11-36(7)29(34(27,5)10-9-28(31)40)26(39)22-24-25-23-33(4,13-12-32(25,3)14-15-35(24,36)6)30(41)37-16-17-38-18-20-42-21-19-38/h22,25,27-29,40H,8-21,23H2,1-7H3,(H,37,41)/t25-,27?,28-,29?,32+,33-,34-,35+,36+/m0/s1. The van der Waals surface area contributed by atoms with E-state index in [1.54, 1.807) is 0 Å². The van der Waals surface area contributed by atoms with Crippen molar-refractivity contribution in [3.63, 3.8) is 0 Å². The van der Waals surface area contributed by atoms with Crippen LogP contribution < -0.4 is 5.32 Å². The number of amides is 1. The molecule has 1 heterocycles. The summed E-state index contributed by atoms with van der Waals surface area (Å²) in [5, 5.41) is 14.3. The number of rotatable bonds is 4. The number of morpholine rings is 1. The van der Waals surface area contributed by atoms with Crippen LogP contribution in [0.15, 0.2) is 11.6 Å². The predicted octanol–water partition coefficient (Wildman–Crippen LogP) is 5.78. The molecule has 2 N–H and O–H groups in total. The van der Waals surface area contributed by atoms with Crippen LogP contribution in [0.1, 0.15) is 106 Å². The SMILES string of the molecule is CC1(C)C2CC[C@]3(C)C(C(=O)C=C4[C@@H]5C[C@@](C)(C(=O)NCCN6CCOCC6)CC[C@]5(C)CC[C@]43C)[C@@]2(C)CC[C@@H]1O. The van der Waals surface area contributed by atoms with Gasteiger partial charge in [-0.2, -0.15) is 0 Å². The van der Waals surface area contributed by atoms with Gasteiger partial charge in [0.15, 0.2) is 5.78 Å². The fourth-order valence-electron chi connectivity index (χ4n) is 11.7. The Balaban J connectivity index is 1.28. The molecule has 1 saturated heterocycles. The maximum Gasteiger partial charge on any atom is 0.226 e. The van der Waals surface area contributed by atoms with E-state index in [2.05, 4.69) is 64.8 Å². The number of aliphatic hydroxyl groups is 1. The summed E-state index contributed by atoms with van der Waals surface area (Å²) in [6.45, 7) is 21.4. The zero-order valence-electron chi connectivity index (χ0n) is 27.6. The highest BCUT2D eigenvalue weighted by atomic mass is 16.5. The van der Waals surface area contributed by atoms with Gasteiger partial charge in [0, 0.05) is 37.5 Å². The van der Waals surface area contributed by atoms with E-state index in [9.17, 15) is 14.7 Å². The molecule has 9 atom stereocenters. The molecule has 6 aliphatic rings. The zero-order chi connectivity index (χ0) is 30.3. The van der Waals surface area contributed by atoms with Crippen molar-refractivity contribution in [3.8, 4) is 0 Å². The van der Waals surface area contributed by atoms with Gasteiger partial charge in [-0.1, -0.05) is 54.0 Å². The number of nitrogens with one attached hydrogen (secondary N) is 1. The molecule has 5 aliphatic carbocycles. The summed E-state index contributed by atoms with van der Waals surface area (Å²) in [5.74, 6) is 1.12. The van der Waals surface area contributed by atoms with Gasteiger partial charge in [0.25, 0.3) is 0 Å². The van der Waals surface area contributed by atoms with E-state index < -0.39 is 5.41 Å². The predicted molar refractivity (Wildman–Crippen MR) is 166 cm³/mol. The number of ether oxygens (including phenoxy) is 1. The molecule has 0 radical (unpaired) electrons. The Labute approximate surface area is 254 Å². The van der Waals surface area contributed by atoms with Crippen molar-refractivity contribution < 1.29 is 19.4 Å². The molecule has 0 spiro atoms. The second-order valence-corrected chi connectivity index (χ2v) is 17.3. The molecule has 1 amide bonds. The van der Waals surface area contributed by atoms with E-state index in [0.717, 1.165) is 84.2 Å². The Bertz CT molecular complexity index is 1140. The molecule has 1 aliphatic heterocycles. The fourth-order valence-corrected chi connectivity index (χ4v) is 11.7. The largest absolute Gasteiger partial charge is 0.393 e. The number of allylic oxidation sites excluding steroid dienone is 2. The van der Waals surface area contributed by atoms with E-state index in [4.69, 9.17) is 4.74 Å². The summed E-state index contributed by atoms with van der Waals surface area (Å²) in [4.78, 5) is 30.6. The van der Waals surface area contributed by atoms with Gasteiger partial charge in [-0.05, 0) is 103 Å². The van der Waals surface area contributed by atoms with Crippen LogP contribution >= 0.6 is 0 Å². The normalized spacial score (nSPS) is 48.7. The molecular weight excluding hydrogens is 524 g/mol. The fraction of sp³-hybridized carbons (Fsp3) is 0.889. The highest BCUT2D eigenvalue weighted by molar-refractivity contribution is 5.95. The molecule has 4 saturated carbocycles. The lowest BCUT2D eigenvalue weighted by molar-refractivity contribution is -0.202. The van der Waals surface area contributed by atoms with Gasteiger partial charge in [-0.15, -0.1) is 0 Å². The minimum atomic E-state index is -0.414. The Hall–Kier alpha value is -1.24. The first-order chi connectivity index (χ1) is 19.6. The molecule has 0 aromatic carbocycles. The summed E-state index contributed by atoms with van der Waals surface area (Å²) in [6.07, 6.45) is 10.7. The van der Waals surface area contributed by atoms with Crippen molar-refractivity contribution in [2.24, 2.45) is 50.2 Å². The van der Waals surface area contributed by atoms with Crippen LogP contribution in [0, 0.1) is 50.2 Å². The zero-order valence-corrected chi connectivity index (χ0v) is 27.6. The molecule has 0 aromatic rings. The number of hydrogen-bond donors (Lipinski definition) is 2. The third kappa shape index (κ3) is 4.35. The van der Waals surface area contributed by atoms with E-state index >= 15 is 0 Å². The Morgan fingerprint density at radius 3 is 2.38 bits per heavy atom. The van der Waals surface area contributed by atoms with Crippen LogP contribution in [0.5, 0.6) is 0 Å². The quantitative estimate of drug-likeness (QED) is 0.440. The van der Waals surface area contributed by atoms with E-state index in [-0.39, 0.29) is 50.9 Å². The molecule has 2 unspecified atom stereocenters. The van der Waals surface area contributed by atoms with Crippen molar-refractivity contribution >= 4 is 11.7 Å². The Morgan fingerprint density at radius 2 is 1.67 bits per heavy atom. The highest BCUT2D eigenvalue weighted by Crippen LogP contribution is 2.75. The molecule has 0 bridgehead atoms. The first-order valence-corrected chi connectivity index (χ1v) is 17.1. The minimum absolute atomic E-state index is 0.00732. The lowest BCUT2D eigenvalue weighted by Gasteiger charge is -2.70. The van der Waals surface area contributed by atoms with Gasteiger partial charge in [-0.3, -0.25) is 14.5 Å². The molecule has 236 valence electrons. The third-order valence-electron chi connectivity index (χ3n) is 14.9. The smallest absolute Gasteiger partial charge is 0.226 e. The summed E-state index contributed by atoms with van der Waals surface area (Å²) in [5.41, 5.74) is 0.667. The van der Waals surface area contributed by atoms with E-state index in [1.165, 1.54) is 12.0 Å². The van der Waals surface area contributed by atoms with Crippen molar-refractivity contribution in [1.29, 1.82) is 0 Å². The first-order valence-electron chi connectivity index (χ1n) is 17.1. The minimum Gasteiger partial charge on any atom is -0.393 e. The molecule has 6 nitrogen and oxygen atoms in total. The number of aliphatic hydroxyl groups excluding tert-OH is 1. The second-order valence-electron chi connectivity index (χ2n) is 17.3. The van der Waals surface area contributed by atoms with Crippen LogP contribution in [0.4, 0.5) is 0 Å². The van der Waals surface area contributed by atoms with Crippen molar-refractivity contribution in [2.75, 3.05) is 39.4 Å². The second kappa shape index (κ2) is 10.1.